The third-order valence-electron chi connectivity index (χ3n) is 14.9. The maximum atomic E-state index is 5.50. The quantitative estimate of drug-likeness (QED) is 0.100. The van der Waals surface area contributed by atoms with Crippen LogP contribution in [0, 0.1) is 41.5 Å². The summed E-state index contributed by atoms with van der Waals surface area (Å²) in [5, 5.41) is 4.44. The van der Waals surface area contributed by atoms with Crippen molar-refractivity contribution in [3.8, 4) is 0 Å². The van der Waals surface area contributed by atoms with Crippen molar-refractivity contribution in [2.75, 3.05) is 9.80 Å². The lowest BCUT2D eigenvalue weighted by atomic mass is 9.34. The van der Waals surface area contributed by atoms with Gasteiger partial charge in [-0.05, 0) is 135 Å². The first kappa shape index (κ1) is 40.3. The van der Waals surface area contributed by atoms with Crippen LogP contribution in [-0.2, 0) is 0 Å². The molecule has 0 fully saturated rings. The normalized spacial score (nSPS) is 13.0. The fourth-order valence-corrected chi connectivity index (χ4v) is 12.3. The fraction of sp³-hybridized carbons (Fsp3) is 0.0968. The number of anilines is 6. The molecule has 1 aromatic heterocycles. The molecule has 13 rings (SSSR count). The molecule has 0 amide bonds. The second-order valence-corrected chi connectivity index (χ2v) is 19.3. The summed E-state index contributed by atoms with van der Waals surface area (Å²) >= 11 is 0. The van der Waals surface area contributed by atoms with Gasteiger partial charge in [0.1, 0.15) is 0 Å². The van der Waals surface area contributed by atoms with Gasteiger partial charge in [-0.1, -0.05) is 166 Å². The second kappa shape index (κ2) is 15.3. The van der Waals surface area contributed by atoms with E-state index in [0.29, 0.717) is 0 Å². The van der Waals surface area contributed by atoms with Crippen LogP contribution in [0.3, 0.4) is 0 Å². The molecule has 10 aromatic carbocycles. The number of aromatic nitrogens is 2. The topological polar surface area (TPSA) is 32.3 Å². The van der Waals surface area contributed by atoms with Crippen molar-refractivity contribution >= 4 is 124 Å². The van der Waals surface area contributed by atoms with Gasteiger partial charge in [-0.25, -0.2) is 9.97 Å². The second-order valence-electron chi connectivity index (χ2n) is 19.3. The first-order chi connectivity index (χ1) is 33.2. The predicted molar refractivity (Wildman–Crippen MR) is 292 cm³/mol. The molecule has 68 heavy (non-hydrogen) atoms. The molecule has 0 spiro atoms. The largest absolute Gasteiger partial charge is 0.312 e. The Morgan fingerprint density at radius 1 is 0.338 bits per heavy atom. The van der Waals surface area contributed by atoms with Crippen LogP contribution >= 0.6 is 0 Å². The van der Waals surface area contributed by atoms with Crippen molar-refractivity contribution in [3.05, 3.63) is 215 Å². The molecular formula is C62H48B2N4. The molecule has 0 radical (unpaired) electrons. The Balaban J connectivity index is 0.918. The van der Waals surface area contributed by atoms with Crippen LogP contribution in [0.5, 0.6) is 0 Å². The minimum Gasteiger partial charge on any atom is -0.312 e. The lowest BCUT2D eigenvalue weighted by molar-refractivity contribution is 1.29. The van der Waals surface area contributed by atoms with Crippen molar-refractivity contribution in [1.82, 2.24) is 9.97 Å². The molecule has 11 aromatic rings. The number of aryl methyl sites for hydroxylation is 6. The summed E-state index contributed by atoms with van der Waals surface area (Å²) in [6.45, 7) is 13.7. The standard InChI is InChI=1S/C62H48B2N4/c1-37-31-39(3)59(40(4)32-37)63-49-15-7-11-19-55(49)67(56-20-12-8-16-50(56)63)45-25-27-47-43(35-45)23-29-53-61(47)66-62-48-28-26-46(36-44(48)24-30-54(62)65-53)68-57-21-13-9-17-51(57)64(52-18-10-14-22-58(52)68)60-41(5)33-38(2)34-42(60)6/h7-36H,1-6H3. The van der Waals surface area contributed by atoms with Crippen LogP contribution < -0.4 is 42.6 Å². The van der Waals surface area contributed by atoms with E-state index in [0.717, 1.165) is 55.0 Å². The number of rotatable bonds is 4. The summed E-state index contributed by atoms with van der Waals surface area (Å²) in [4.78, 5) is 15.7. The molecular weight excluding hydrogens is 822 g/mol. The maximum absolute atomic E-state index is 5.50. The number of nitrogens with zero attached hydrogens (tertiary/aromatic N) is 4. The van der Waals surface area contributed by atoms with Crippen molar-refractivity contribution in [2.45, 2.75) is 41.5 Å². The summed E-state index contributed by atoms with van der Waals surface area (Å²) in [7, 11) is 0. The van der Waals surface area contributed by atoms with E-state index in [1.54, 1.807) is 0 Å². The van der Waals surface area contributed by atoms with Gasteiger partial charge in [0.05, 0.1) is 22.1 Å². The Morgan fingerprint density at radius 2 is 0.676 bits per heavy atom. The van der Waals surface area contributed by atoms with Crippen LogP contribution in [0.2, 0.25) is 0 Å². The monoisotopic (exact) mass is 870 g/mol. The molecule has 322 valence electrons. The molecule has 0 saturated heterocycles. The van der Waals surface area contributed by atoms with Gasteiger partial charge in [-0.2, -0.15) is 0 Å². The highest BCUT2D eigenvalue weighted by molar-refractivity contribution is 6.99. The average molecular weight is 871 g/mol. The summed E-state index contributed by atoms with van der Waals surface area (Å²) in [6, 6.07) is 67.5. The van der Waals surface area contributed by atoms with Gasteiger partial charge in [-0.15, -0.1) is 0 Å². The lowest BCUT2D eigenvalue weighted by Gasteiger charge is -2.38. The van der Waals surface area contributed by atoms with Crippen molar-refractivity contribution in [2.24, 2.45) is 0 Å². The first-order valence-electron chi connectivity index (χ1n) is 23.9. The fourth-order valence-electron chi connectivity index (χ4n) is 12.3. The van der Waals surface area contributed by atoms with E-state index < -0.39 is 0 Å². The summed E-state index contributed by atoms with van der Waals surface area (Å²) < 4.78 is 0. The van der Waals surface area contributed by atoms with Gasteiger partial charge in [0.2, 0.25) is 13.4 Å². The highest BCUT2D eigenvalue weighted by Gasteiger charge is 2.38. The molecule has 0 atom stereocenters. The SMILES string of the molecule is Cc1cc(C)c(B2c3ccccc3N(c3ccc4c(ccc5nc6ccc7cc(N8c9ccccc9B(c9c(C)cc(C)cc9C)c9ccccc98)ccc7c6nc54)c3)c3ccccc32)c(C)c1. The number of benzene rings is 10. The zero-order chi connectivity index (χ0) is 45.9. The minimum absolute atomic E-state index is 0.134. The Labute approximate surface area is 398 Å². The van der Waals surface area contributed by atoms with Gasteiger partial charge in [0.25, 0.3) is 0 Å². The van der Waals surface area contributed by atoms with E-state index in [2.05, 4.69) is 233 Å². The van der Waals surface area contributed by atoms with E-state index in [9.17, 15) is 0 Å². The van der Waals surface area contributed by atoms with Gasteiger partial charge in [0.15, 0.2) is 0 Å². The molecule has 0 aliphatic carbocycles. The summed E-state index contributed by atoms with van der Waals surface area (Å²) in [5.74, 6) is 0. The van der Waals surface area contributed by atoms with Gasteiger partial charge < -0.3 is 9.80 Å². The van der Waals surface area contributed by atoms with E-state index >= 15 is 0 Å². The van der Waals surface area contributed by atoms with Crippen LogP contribution in [0.25, 0.3) is 43.6 Å². The minimum atomic E-state index is 0.134. The molecule has 0 saturated carbocycles. The Bertz CT molecular complexity index is 3540. The van der Waals surface area contributed by atoms with Gasteiger partial charge >= 0.3 is 0 Å². The number of hydrogen-bond donors (Lipinski definition) is 0. The van der Waals surface area contributed by atoms with E-state index in [4.69, 9.17) is 9.97 Å². The Hall–Kier alpha value is -7.95. The highest BCUT2D eigenvalue weighted by Crippen LogP contribution is 2.41. The number of fused-ring (bicyclic) bond motifs is 10. The zero-order valence-electron chi connectivity index (χ0n) is 39.3. The molecule has 4 nitrogen and oxygen atoms in total. The molecule has 6 heteroatoms. The van der Waals surface area contributed by atoms with Crippen LogP contribution in [0.1, 0.15) is 33.4 Å². The molecule has 2 aliphatic heterocycles. The molecule has 0 unspecified atom stereocenters. The molecule has 0 N–H and O–H groups in total. The first-order valence-corrected chi connectivity index (χ1v) is 23.9. The number of hydrogen-bond acceptors (Lipinski definition) is 4. The van der Waals surface area contributed by atoms with Crippen LogP contribution in [0.15, 0.2) is 182 Å². The third-order valence-corrected chi connectivity index (χ3v) is 14.9. The predicted octanol–water partition coefficient (Wildman–Crippen LogP) is 11.5. The van der Waals surface area contributed by atoms with E-state index in [1.807, 2.05) is 0 Å². The van der Waals surface area contributed by atoms with Gasteiger partial charge in [0, 0.05) is 44.9 Å². The Morgan fingerprint density at radius 3 is 1.03 bits per heavy atom. The highest BCUT2D eigenvalue weighted by atomic mass is 15.2. The zero-order valence-corrected chi connectivity index (χ0v) is 39.3. The average Bonchev–Trinajstić information content (AvgIpc) is 3.34. The van der Waals surface area contributed by atoms with Crippen LogP contribution in [0.4, 0.5) is 34.1 Å². The van der Waals surface area contributed by atoms with Crippen molar-refractivity contribution in [1.29, 1.82) is 0 Å². The Kier molecular flexibility index (Phi) is 9.07. The van der Waals surface area contributed by atoms with Gasteiger partial charge in [-0.3, -0.25) is 0 Å². The van der Waals surface area contributed by atoms with Crippen molar-refractivity contribution < 1.29 is 0 Å². The lowest BCUT2D eigenvalue weighted by Crippen LogP contribution is -2.58. The summed E-state index contributed by atoms with van der Waals surface area (Å²) in [6.07, 6.45) is 0. The number of para-hydroxylation sites is 4. The molecule has 0 bridgehead atoms. The third kappa shape index (κ3) is 6.10. The van der Waals surface area contributed by atoms with E-state index in [-0.39, 0.29) is 13.4 Å². The molecule has 3 heterocycles. The van der Waals surface area contributed by atoms with Crippen molar-refractivity contribution in [3.63, 3.8) is 0 Å². The smallest absolute Gasteiger partial charge is 0.247 e. The van der Waals surface area contributed by atoms with E-state index in [1.165, 1.54) is 88.9 Å². The molecule has 2 aliphatic rings. The summed E-state index contributed by atoms with van der Waals surface area (Å²) in [5.41, 5.74) is 26.7. The maximum Gasteiger partial charge on any atom is 0.247 e. The van der Waals surface area contributed by atoms with Crippen LogP contribution in [-0.4, -0.2) is 23.4 Å².